The number of benzene rings is 2. The van der Waals surface area contributed by atoms with E-state index < -0.39 is 45.4 Å². The van der Waals surface area contributed by atoms with E-state index in [9.17, 15) is 31.5 Å². The smallest absolute Gasteiger partial charge is 0.395 e. The van der Waals surface area contributed by atoms with Crippen LogP contribution in [-0.4, -0.2) is 36.0 Å². The molecule has 3 rings (SSSR count). The van der Waals surface area contributed by atoms with Gasteiger partial charge in [0.2, 0.25) is 10.0 Å². The van der Waals surface area contributed by atoms with Crippen LogP contribution in [0.4, 0.5) is 13.2 Å². The van der Waals surface area contributed by atoms with Crippen LogP contribution >= 0.6 is 0 Å². The van der Waals surface area contributed by atoms with Gasteiger partial charge in [-0.1, -0.05) is 18.2 Å². The molecule has 160 valence electrons. The highest BCUT2D eigenvalue weighted by molar-refractivity contribution is 7.89. The second-order valence-electron chi connectivity index (χ2n) is 6.80. The van der Waals surface area contributed by atoms with Gasteiger partial charge in [-0.2, -0.15) is 17.5 Å². The van der Waals surface area contributed by atoms with Crippen LogP contribution in [0.15, 0.2) is 58.2 Å². The van der Waals surface area contributed by atoms with Crippen molar-refractivity contribution in [2.24, 2.45) is 0 Å². The van der Waals surface area contributed by atoms with Gasteiger partial charge in [0.25, 0.3) is 5.56 Å². The monoisotopic (exact) mass is 440 g/mol. The Hall–Kier alpha value is -2.69. The Morgan fingerprint density at radius 1 is 1.10 bits per heavy atom. The fourth-order valence-electron chi connectivity index (χ4n) is 3.05. The third kappa shape index (κ3) is 4.55. The predicted molar refractivity (Wildman–Crippen MR) is 105 cm³/mol. The molecule has 0 saturated heterocycles. The van der Waals surface area contributed by atoms with Gasteiger partial charge >= 0.3 is 6.18 Å². The van der Waals surface area contributed by atoms with Crippen LogP contribution in [0.5, 0.6) is 0 Å². The van der Waals surface area contributed by atoms with Crippen LogP contribution in [0, 0.1) is 6.92 Å². The molecule has 1 heterocycles. The predicted octanol–water partition coefficient (Wildman–Crippen LogP) is 3.04. The molecular formula is C20H19F3N2O4S. The van der Waals surface area contributed by atoms with E-state index in [2.05, 4.69) is 4.98 Å². The molecule has 0 amide bonds. The summed E-state index contributed by atoms with van der Waals surface area (Å²) >= 11 is 0. The number of pyridine rings is 1. The average Bonchev–Trinajstić information content (AvgIpc) is 2.67. The Balaban J connectivity index is 2.02. The molecule has 3 aromatic rings. The molecule has 2 aromatic carbocycles. The van der Waals surface area contributed by atoms with Gasteiger partial charge in [0.05, 0.1) is 17.1 Å². The maximum atomic E-state index is 13.0. The van der Waals surface area contributed by atoms with Crippen LogP contribution in [-0.2, 0) is 22.7 Å². The van der Waals surface area contributed by atoms with Crippen molar-refractivity contribution < 1.29 is 26.7 Å². The number of aromatic amines is 1. The van der Waals surface area contributed by atoms with E-state index >= 15 is 0 Å². The van der Waals surface area contributed by atoms with Gasteiger partial charge in [0.15, 0.2) is 0 Å². The number of sulfonamides is 1. The molecule has 0 saturated carbocycles. The molecule has 0 unspecified atom stereocenters. The van der Waals surface area contributed by atoms with Crippen LogP contribution in [0.1, 0.15) is 16.7 Å². The van der Waals surface area contributed by atoms with Crippen molar-refractivity contribution in [3.63, 3.8) is 0 Å². The molecular weight excluding hydrogens is 421 g/mol. The average molecular weight is 440 g/mol. The minimum absolute atomic E-state index is 0.107. The number of halogens is 3. The highest BCUT2D eigenvalue weighted by Gasteiger charge is 2.33. The SMILES string of the molecule is Cc1ccc2cc(CN(CCO)S(=O)(=O)c3cccc(C(F)(F)F)c3)c(=O)[nH]c2c1. The standard InChI is InChI=1S/C20H19F3N2O4S/c1-13-5-6-14-10-15(19(27)24-18(14)9-13)12-25(7-8-26)30(28,29)17-4-2-3-16(11-17)20(21,22)23/h2-6,9-11,26H,7-8,12H2,1H3,(H,24,27). The third-order valence-electron chi connectivity index (χ3n) is 4.57. The van der Waals surface area contributed by atoms with Crippen LogP contribution < -0.4 is 5.56 Å². The van der Waals surface area contributed by atoms with E-state index in [1.807, 2.05) is 13.0 Å². The fraction of sp³-hybridized carbons (Fsp3) is 0.250. The molecule has 30 heavy (non-hydrogen) atoms. The molecule has 0 fully saturated rings. The lowest BCUT2D eigenvalue weighted by molar-refractivity contribution is -0.137. The van der Waals surface area contributed by atoms with Crippen molar-refractivity contribution in [3.05, 3.63) is 75.6 Å². The number of aliphatic hydroxyl groups is 1. The summed E-state index contributed by atoms with van der Waals surface area (Å²) in [7, 11) is -4.40. The van der Waals surface area contributed by atoms with Gasteiger partial charge < -0.3 is 10.1 Å². The first-order chi connectivity index (χ1) is 14.0. The quantitative estimate of drug-likeness (QED) is 0.617. The van der Waals surface area contributed by atoms with Gasteiger partial charge in [-0.05, 0) is 48.2 Å². The van der Waals surface area contributed by atoms with Gasteiger partial charge in [0, 0.05) is 24.2 Å². The van der Waals surface area contributed by atoms with Crippen LogP contribution in [0.25, 0.3) is 10.9 Å². The lowest BCUT2D eigenvalue weighted by Gasteiger charge is -2.22. The number of hydrogen-bond donors (Lipinski definition) is 2. The topological polar surface area (TPSA) is 90.5 Å². The molecule has 10 heteroatoms. The number of aromatic nitrogens is 1. The highest BCUT2D eigenvalue weighted by Crippen LogP contribution is 2.31. The van der Waals surface area contributed by atoms with Gasteiger partial charge in [-0.15, -0.1) is 0 Å². The number of rotatable bonds is 6. The summed E-state index contributed by atoms with van der Waals surface area (Å²) in [5.74, 6) is 0. The maximum Gasteiger partial charge on any atom is 0.416 e. The van der Waals surface area contributed by atoms with Gasteiger partial charge in [0.1, 0.15) is 0 Å². The molecule has 2 N–H and O–H groups in total. The van der Waals surface area contributed by atoms with Crippen molar-refractivity contribution in [3.8, 4) is 0 Å². The molecule has 0 aliphatic heterocycles. The normalized spacial score (nSPS) is 12.6. The van der Waals surface area contributed by atoms with E-state index in [1.165, 1.54) is 6.07 Å². The number of alkyl halides is 3. The summed E-state index contributed by atoms with van der Waals surface area (Å²) in [5.41, 5.74) is -0.00444. The van der Waals surface area contributed by atoms with Crippen LogP contribution in [0.2, 0.25) is 0 Å². The number of nitrogens with one attached hydrogen (secondary N) is 1. The second kappa shape index (κ2) is 8.21. The Labute approximate surface area is 170 Å². The Morgan fingerprint density at radius 3 is 2.50 bits per heavy atom. The number of aliphatic hydroxyl groups excluding tert-OH is 1. The Bertz CT molecular complexity index is 1240. The lowest BCUT2D eigenvalue weighted by Crippen LogP contribution is -2.35. The van der Waals surface area contributed by atoms with Gasteiger partial charge in [-0.25, -0.2) is 8.42 Å². The lowest BCUT2D eigenvalue weighted by atomic mass is 10.1. The minimum Gasteiger partial charge on any atom is -0.395 e. The first-order valence-electron chi connectivity index (χ1n) is 8.93. The van der Waals surface area contributed by atoms with Crippen molar-refractivity contribution in [2.75, 3.05) is 13.2 Å². The zero-order chi connectivity index (χ0) is 22.1. The largest absolute Gasteiger partial charge is 0.416 e. The Kier molecular flexibility index (Phi) is 6.02. The molecule has 1 aromatic heterocycles. The highest BCUT2D eigenvalue weighted by atomic mass is 32.2. The Morgan fingerprint density at radius 2 is 1.83 bits per heavy atom. The summed E-state index contributed by atoms with van der Waals surface area (Å²) in [4.78, 5) is 14.6. The van der Waals surface area contributed by atoms with Crippen LogP contribution in [0.3, 0.4) is 0 Å². The second-order valence-corrected chi connectivity index (χ2v) is 8.74. The summed E-state index contributed by atoms with van der Waals surface area (Å²) in [6, 6.07) is 10.2. The fourth-order valence-corrected chi connectivity index (χ4v) is 4.50. The number of hydrogen-bond acceptors (Lipinski definition) is 4. The van der Waals surface area contributed by atoms with E-state index in [4.69, 9.17) is 0 Å². The molecule has 0 aliphatic rings. The summed E-state index contributed by atoms with van der Waals surface area (Å²) in [6.45, 7) is 0.501. The molecule has 0 atom stereocenters. The van der Waals surface area contributed by atoms with Crippen molar-refractivity contribution >= 4 is 20.9 Å². The van der Waals surface area contributed by atoms with Gasteiger partial charge in [-0.3, -0.25) is 4.79 Å². The third-order valence-corrected chi connectivity index (χ3v) is 6.41. The zero-order valence-electron chi connectivity index (χ0n) is 15.9. The van der Waals surface area contributed by atoms with E-state index in [-0.39, 0.29) is 12.1 Å². The minimum atomic E-state index is -4.71. The first kappa shape index (κ1) is 22.0. The molecule has 0 spiro atoms. The number of fused-ring (bicyclic) bond motifs is 1. The first-order valence-corrected chi connectivity index (χ1v) is 10.4. The number of nitrogens with zero attached hydrogens (tertiary/aromatic N) is 1. The molecule has 0 radical (unpaired) electrons. The van der Waals surface area contributed by atoms with Crippen molar-refractivity contribution in [1.29, 1.82) is 0 Å². The van der Waals surface area contributed by atoms with Crippen molar-refractivity contribution in [1.82, 2.24) is 9.29 Å². The van der Waals surface area contributed by atoms with Crippen molar-refractivity contribution in [2.45, 2.75) is 24.5 Å². The maximum absolute atomic E-state index is 13.0. The number of H-pyrrole nitrogens is 1. The molecule has 0 aliphatic carbocycles. The number of aryl methyl sites for hydroxylation is 1. The summed E-state index contributed by atoms with van der Waals surface area (Å²) in [5, 5.41) is 9.98. The van der Waals surface area contributed by atoms with E-state index in [0.717, 1.165) is 28.1 Å². The van der Waals surface area contributed by atoms with E-state index in [0.29, 0.717) is 17.0 Å². The summed E-state index contributed by atoms with van der Waals surface area (Å²) < 4.78 is 65.7. The molecule has 6 nitrogen and oxygen atoms in total. The molecule has 0 bridgehead atoms. The summed E-state index contributed by atoms with van der Waals surface area (Å²) in [6.07, 6.45) is -4.71. The van der Waals surface area contributed by atoms with E-state index in [1.54, 1.807) is 12.1 Å². The zero-order valence-corrected chi connectivity index (χ0v) is 16.7.